The lowest BCUT2D eigenvalue weighted by Crippen LogP contribution is -2.48. The number of ether oxygens (including phenoxy) is 1. The van der Waals surface area contributed by atoms with E-state index in [-0.39, 0.29) is 37.9 Å². The molecule has 1 saturated heterocycles. The first-order valence-electron chi connectivity index (χ1n) is 9.92. The van der Waals surface area contributed by atoms with Gasteiger partial charge < -0.3 is 14.5 Å². The number of benzene rings is 1. The largest absolute Gasteiger partial charge is 0.378 e. The van der Waals surface area contributed by atoms with Crippen LogP contribution in [-0.4, -0.2) is 71.8 Å². The summed E-state index contributed by atoms with van der Waals surface area (Å²) in [7, 11) is 0. The summed E-state index contributed by atoms with van der Waals surface area (Å²) in [6.07, 6.45) is 3.51. The summed E-state index contributed by atoms with van der Waals surface area (Å²) in [6.45, 7) is 3.67. The smallest absolute Gasteiger partial charge is 0.244 e. The second kappa shape index (κ2) is 11.8. The second-order valence-corrected chi connectivity index (χ2v) is 6.91. The Hall–Kier alpha value is -2.92. The fourth-order valence-corrected chi connectivity index (χ4v) is 2.99. The van der Waals surface area contributed by atoms with Crippen LogP contribution < -0.4 is 0 Å². The minimum Gasteiger partial charge on any atom is -0.378 e. The van der Waals surface area contributed by atoms with Gasteiger partial charge in [0.2, 0.25) is 17.7 Å². The Bertz CT molecular complexity index is 726. The van der Waals surface area contributed by atoms with Crippen LogP contribution in [0.5, 0.6) is 0 Å². The molecule has 0 bridgehead atoms. The van der Waals surface area contributed by atoms with Crippen molar-refractivity contribution in [3.8, 4) is 6.19 Å². The average molecular weight is 400 g/mol. The van der Waals surface area contributed by atoms with Gasteiger partial charge in [-0.15, -0.1) is 0 Å². The van der Waals surface area contributed by atoms with E-state index < -0.39 is 5.91 Å². The second-order valence-electron chi connectivity index (χ2n) is 6.91. The average Bonchev–Trinajstić information content (AvgIpc) is 2.76. The molecule has 1 aromatic carbocycles. The van der Waals surface area contributed by atoms with E-state index in [0.29, 0.717) is 32.7 Å². The highest BCUT2D eigenvalue weighted by Crippen LogP contribution is 2.09. The van der Waals surface area contributed by atoms with E-state index in [4.69, 9.17) is 4.74 Å². The zero-order chi connectivity index (χ0) is 21.1. The van der Waals surface area contributed by atoms with Crippen molar-refractivity contribution in [2.45, 2.75) is 32.7 Å². The fraction of sp³-hybridized carbons (Fsp3) is 0.524. The zero-order valence-corrected chi connectivity index (χ0v) is 16.9. The molecule has 29 heavy (non-hydrogen) atoms. The fourth-order valence-electron chi connectivity index (χ4n) is 2.99. The van der Waals surface area contributed by atoms with Gasteiger partial charge in [-0.2, -0.15) is 5.26 Å². The number of rotatable bonds is 9. The van der Waals surface area contributed by atoms with E-state index in [1.165, 1.54) is 4.90 Å². The van der Waals surface area contributed by atoms with Crippen LogP contribution in [0.4, 0.5) is 0 Å². The molecule has 0 atom stereocenters. The Morgan fingerprint density at radius 2 is 1.79 bits per heavy atom. The quantitative estimate of drug-likeness (QED) is 0.461. The highest BCUT2D eigenvalue weighted by atomic mass is 16.5. The molecule has 1 fully saturated rings. The van der Waals surface area contributed by atoms with Gasteiger partial charge >= 0.3 is 0 Å². The maximum atomic E-state index is 12.9. The van der Waals surface area contributed by atoms with E-state index in [1.54, 1.807) is 11.1 Å². The predicted molar refractivity (Wildman–Crippen MR) is 106 cm³/mol. The number of carbonyl (C=O) groups is 3. The van der Waals surface area contributed by atoms with Crippen LogP contribution in [0.1, 0.15) is 31.7 Å². The Morgan fingerprint density at radius 3 is 2.41 bits per heavy atom. The van der Waals surface area contributed by atoms with Crippen molar-refractivity contribution >= 4 is 17.7 Å². The maximum Gasteiger partial charge on any atom is 0.244 e. The summed E-state index contributed by atoms with van der Waals surface area (Å²) in [5.74, 6) is -0.970. The van der Waals surface area contributed by atoms with Gasteiger partial charge in [0.05, 0.1) is 13.2 Å². The van der Waals surface area contributed by atoms with E-state index in [1.807, 2.05) is 37.3 Å². The molecule has 1 aliphatic heterocycles. The van der Waals surface area contributed by atoms with Crippen LogP contribution in [0, 0.1) is 11.5 Å². The van der Waals surface area contributed by atoms with Crippen molar-refractivity contribution in [2.24, 2.45) is 0 Å². The lowest BCUT2D eigenvalue weighted by atomic mass is 10.2. The van der Waals surface area contributed by atoms with Gasteiger partial charge in [-0.3, -0.25) is 14.4 Å². The number of amides is 3. The summed E-state index contributed by atoms with van der Waals surface area (Å²) in [4.78, 5) is 41.7. The van der Waals surface area contributed by atoms with Crippen molar-refractivity contribution in [1.29, 1.82) is 5.26 Å². The third-order valence-electron chi connectivity index (χ3n) is 4.72. The molecule has 3 amide bonds. The van der Waals surface area contributed by atoms with Crippen LogP contribution in [0.15, 0.2) is 30.3 Å². The minimum absolute atomic E-state index is 0.101. The van der Waals surface area contributed by atoms with Gasteiger partial charge in [-0.25, -0.2) is 4.90 Å². The van der Waals surface area contributed by atoms with E-state index in [0.717, 1.165) is 16.9 Å². The minimum atomic E-state index is -0.429. The molecular formula is C21H28N4O4. The summed E-state index contributed by atoms with van der Waals surface area (Å²) in [5, 5.41) is 9.30. The topological polar surface area (TPSA) is 93.9 Å². The maximum absolute atomic E-state index is 12.9. The molecule has 8 heteroatoms. The van der Waals surface area contributed by atoms with Crippen molar-refractivity contribution in [3.63, 3.8) is 0 Å². The zero-order valence-electron chi connectivity index (χ0n) is 16.9. The van der Waals surface area contributed by atoms with Crippen molar-refractivity contribution in [3.05, 3.63) is 35.9 Å². The highest BCUT2D eigenvalue weighted by Gasteiger charge is 2.25. The van der Waals surface area contributed by atoms with Gasteiger partial charge in [0.1, 0.15) is 13.1 Å². The molecule has 1 aromatic rings. The van der Waals surface area contributed by atoms with Gasteiger partial charge in [-0.1, -0.05) is 43.7 Å². The molecule has 0 aliphatic carbocycles. The lowest BCUT2D eigenvalue weighted by Gasteiger charge is -2.30. The van der Waals surface area contributed by atoms with Gasteiger partial charge in [0, 0.05) is 26.1 Å². The molecule has 0 aromatic heterocycles. The van der Waals surface area contributed by atoms with E-state index in [2.05, 4.69) is 0 Å². The van der Waals surface area contributed by atoms with Gasteiger partial charge in [0.15, 0.2) is 6.19 Å². The third-order valence-corrected chi connectivity index (χ3v) is 4.72. The summed E-state index contributed by atoms with van der Waals surface area (Å²) in [5.41, 5.74) is 0.872. The number of carbonyl (C=O) groups excluding carboxylic acids is 3. The molecule has 2 rings (SSSR count). The van der Waals surface area contributed by atoms with Crippen LogP contribution in [0.25, 0.3) is 0 Å². The number of nitriles is 1. The number of nitrogens with zero attached hydrogens (tertiary/aromatic N) is 4. The first-order chi connectivity index (χ1) is 14.0. The SMILES string of the molecule is CCCCC(=O)N(C#N)CC(=O)N(CC(=O)N1CCOCC1)Cc1ccccc1. The monoisotopic (exact) mass is 400 g/mol. The summed E-state index contributed by atoms with van der Waals surface area (Å²) < 4.78 is 5.27. The Labute approximate surface area is 171 Å². The Kier molecular flexibility index (Phi) is 9.12. The molecule has 0 spiro atoms. The van der Waals surface area contributed by atoms with Crippen LogP contribution in [0.3, 0.4) is 0 Å². The van der Waals surface area contributed by atoms with Crippen LogP contribution in [0.2, 0.25) is 0 Å². The molecule has 0 radical (unpaired) electrons. The van der Waals surface area contributed by atoms with Gasteiger partial charge in [0.25, 0.3) is 0 Å². The van der Waals surface area contributed by atoms with Crippen molar-refractivity contribution < 1.29 is 19.1 Å². The van der Waals surface area contributed by atoms with Crippen LogP contribution in [-0.2, 0) is 25.7 Å². The molecule has 1 aliphatic rings. The molecule has 0 unspecified atom stereocenters. The summed E-state index contributed by atoms with van der Waals surface area (Å²) in [6, 6.07) is 9.33. The normalized spacial score (nSPS) is 13.4. The van der Waals surface area contributed by atoms with E-state index in [9.17, 15) is 19.6 Å². The molecule has 0 saturated carbocycles. The standard InChI is InChI=1S/C21H28N4O4/c1-2-3-9-19(26)25(17-22)16-21(28)24(14-18-7-5-4-6-8-18)15-20(27)23-10-12-29-13-11-23/h4-8H,2-3,9-16H2,1H3. The lowest BCUT2D eigenvalue weighted by molar-refractivity contribution is -0.144. The molecule has 8 nitrogen and oxygen atoms in total. The molecular weight excluding hydrogens is 372 g/mol. The van der Waals surface area contributed by atoms with Crippen molar-refractivity contribution in [1.82, 2.24) is 14.7 Å². The Morgan fingerprint density at radius 1 is 1.10 bits per heavy atom. The molecule has 0 N–H and O–H groups in total. The number of hydrogen-bond donors (Lipinski definition) is 0. The number of unbranched alkanes of at least 4 members (excludes halogenated alkanes) is 1. The molecule has 156 valence electrons. The first-order valence-corrected chi connectivity index (χ1v) is 9.92. The number of hydrogen-bond acceptors (Lipinski definition) is 5. The first kappa shape index (κ1) is 22.4. The Balaban J connectivity index is 2.08. The number of morpholine rings is 1. The summed E-state index contributed by atoms with van der Waals surface area (Å²) >= 11 is 0. The van der Waals surface area contributed by atoms with E-state index >= 15 is 0 Å². The van der Waals surface area contributed by atoms with Crippen molar-refractivity contribution in [2.75, 3.05) is 39.4 Å². The third kappa shape index (κ3) is 7.20. The predicted octanol–water partition coefficient (Wildman–Crippen LogP) is 1.37. The highest BCUT2D eigenvalue weighted by molar-refractivity contribution is 5.89. The molecule has 1 heterocycles. The van der Waals surface area contributed by atoms with Gasteiger partial charge in [-0.05, 0) is 12.0 Å². The van der Waals surface area contributed by atoms with Crippen LogP contribution >= 0.6 is 0 Å².